The van der Waals surface area contributed by atoms with Gasteiger partial charge >= 0.3 is 0 Å². The molecule has 0 atom stereocenters. The molecule has 0 saturated heterocycles. The molecule has 1 heterocycles. The number of benzene rings is 1. The number of rotatable bonds is 4. The molecule has 0 radical (unpaired) electrons. The maximum atomic E-state index is 12.0. The van der Waals surface area contributed by atoms with Crippen molar-refractivity contribution in [3.05, 3.63) is 30.6 Å². The molecule has 0 unspecified atom stereocenters. The van der Waals surface area contributed by atoms with Gasteiger partial charge in [-0.25, -0.2) is 4.98 Å². The molecule has 2 aromatic rings. The number of aryl methyl sites for hydroxylation is 1. The molecule has 21 heavy (non-hydrogen) atoms. The third-order valence-electron chi connectivity index (χ3n) is 4.17. The Morgan fingerprint density at radius 2 is 2.05 bits per heavy atom. The van der Waals surface area contributed by atoms with E-state index in [0.29, 0.717) is 13.0 Å². The maximum absolute atomic E-state index is 12.0. The molecule has 5 heteroatoms. The summed E-state index contributed by atoms with van der Waals surface area (Å²) in [6.45, 7) is 0.641. The van der Waals surface area contributed by atoms with Crippen LogP contribution in [0.15, 0.2) is 30.6 Å². The summed E-state index contributed by atoms with van der Waals surface area (Å²) in [5.74, 6) is 0.0779. The van der Waals surface area contributed by atoms with Gasteiger partial charge in [0.05, 0.1) is 23.5 Å². The zero-order chi connectivity index (χ0) is 14.7. The Morgan fingerprint density at radius 3 is 2.86 bits per heavy atom. The average Bonchev–Trinajstić information content (AvgIpc) is 2.91. The highest BCUT2D eigenvalue weighted by molar-refractivity contribution is 5.77. The number of carbonyl (C=O) groups is 1. The van der Waals surface area contributed by atoms with Crippen LogP contribution in [-0.2, 0) is 11.3 Å². The van der Waals surface area contributed by atoms with E-state index in [-0.39, 0.29) is 18.1 Å². The van der Waals surface area contributed by atoms with Gasteiger partial charge in [-0.2, -0.15) is 0 Å². The summed E-state index contributed by atoms with van der Waals surface area (Å²) in [6, 6.07) is 8.15. The Hall–Kier alpha value is -1.88. The van der Waals surface area contributed by atoms with Gasteiger partial charge in [0.15, 0.2) is 0 Å². The summed E-state index contributed by atoms with van der Waals surface area (Å²) in [4.78, 5) is 16.3. The van der Waals surface area contributed by atoms with Gasteiger partial charge in [-0.15, -0.1) is 0 Å². The number of fused-ring (bicyclic) bond motifs is 1. The topological polar surface area (TPSA) is 67.2 Å². The lowest BCUT2D eigenvalue weighted by Gasteiger charge is -2.26. The van der Waals surface area contributed by atoms with Crippen LogP contribution >= 0.6 is 0 Å². The van der Waals surface area contributed by atoms with Crippen LogP contribution in [0.25, 0.3) is 11.0 Å². The number of amides is 1. The number of aliphatic hydroxyl groups excluding tert-OH is 1. The van der Waals surface area contributed by atoms with Crippen LogP contribution in [0.5, 0.6) is 0 Å². The minimum Gasteiger partial charge on any atom is -0.393 e. The highest BCUT2D eigenvalue weighted by Gasteiger charge is 2.20. The fourth-order valence-electron chi connectivity index (χ4n) is 2.93. The molecule has 1 aromatic heterocycles. The molecule has 0 bridgehead atoms. The zero-order valence-electron chi connectivity index (χ0n) is 12.0. The normalized spacial score (nSPS) is 22.3. The predicted octanol–water partition coefficient (Wildman–Crippen LogP) is 1.85. The first-order valence-electron chi connectivity index (χ1n) is 7.59. The molecule has 0 spiro atoms. The van der Waals surface area contributed by atoms with Gasteiger partial charge in [-0.05, 0) is 37.8 Å². The Kier molecular flexibility index (Phi) is 4.20. The molecule has 3 rings (SSSR count). The minimum absolute atomic E-state index is 0.0779. The van der Waals surface area contributed by atoms with E-state index >= 15 is 0 Å². The van der Waals surface area contributed by atoms with Crippen molar-refractivity contribution in [2.24, 2.45) is 0 Å². The lowest BCUT2D eigenvalue weighted by Crippen LogP contribution is -2.38. The Labute approximate surface area is 124 Å². The Morgan fingerprint density at radius 1 is 1.29 bits per heavy atom. The van der Waals surface area contributed by atoms with Crippen molar-refractivity contribution in [2.75, 3.05) is 0 Å². The van der Waals surface area contributed by atoms with E-state index in [9.17, 15) is 9.90 Å². The fourth-order valence-corrected chi connectivity index (χ4v) is 2.93. The highest BCUT2D eigenvalue weighted by Crippen LogP contribution is 2.18. The lowest BCUT2D eigenvalue weighted by molar-refractivity contribution is -0.122. The third-order valence-corrected chi connectivity index (χ3v) is 4.17. The fraction of sp³-hybridized carbons (Fsp3) is 0.500. The molecule has 2 N–H and O–H groups in total. The van der Waals surface area contributed by atoms with Gasteiger partial charge in [0.2, 0.25) is 5.91 Å². The molecule has 112 valence electrons. The van der Waals surface area contributed by atoms with Gasteiger partial charge in [-0.1, -0.05) is 12.1 Å². The summed E-state index contributed by atoms with van der Waals surface area (Å²) in [5, 5.41) is 12.5. The van der Waals surface area contributed by atoms with E-state index in [4.69, 9.17) is 0 Å². The van der Waals surface area contributed by atoms with Crippen molar-refractivity contribution in [3.8, 4) is 0 Å². The van der Waals surface area contributed by atoms with Gasteiger partial charge in [-0.3, -0.25) is 4.79 Å². The van der Waals surface area contributed by atoms with E-state index in [1.54, 1.807) is 6.33 Å². The molecule has 1 aliphatic rings. The summed E-state index contributed by atoms with van der Waals surface area (Å²) in [7, 11) is 0. The van der Waals surface area contributed by atoms with Crippen molar-refractivity contribution in [3.63, 3.8) is 0 Å². The molecule has 1 saturated carbocycles. The van der Waals surface area contributed by atoms with Crippen molar-refractivity contribution in [1.82, 2.24) is 14.9 Å². The molecule has 1 aromatic carbocycles. The number of nitrogens with one attached hydrogen (secondary N) is 1. The first-order valence-corrected chi connectivity index (χ1v) is 7.59. The number of para-hydroxylation sites is 2. The third kappa shape index (κ3) is 3.42. The van der Waals surface area contributed by atoms with Crippen molar-refractivity contribution >= 4 is 16.9 Å². The van der Waals surface area contributed by atoms with Crippen molar-refractivity contribution in [2.45, 2.75) is 50.8 Å². The second-order valence-electron chi connectivity index (χ2n) is 5.75. The summed E-state index contributed by atoms with van der Waals surface area (Å²) >= 11 is 0. The van der Waals surface area contributed by atoms with Crippen LogP contribution in [0.4, 0.5) is 0 Å². The molecular weight excluding hydrogens is 266 g/mol. The monoisotopic (exact) mass is 287 g/mol. The molecule has 0 aliphatic heterocycles. The van der Waals surface area contributed by atoms with E-state index in [1.165, 1.54) is 0 Å². The van der Waals surface area contributed by atoms with Crippen LogP contribution < -0.4 is 5.32 Å². The quantitative estimate of drug-likeness (QED) is 0.901. The van der Waals surface area contributed by atoms with E-state index in [1.807, 2.05) is 28.8 Å². The number of hydrogen-bond acceptors (Lipinski definition) is 3. The SMILES string of the molecule is O=C(CCn1cnc2ccccc21)NC1CCC(O)CC1. The second-order valence-corrected chi connectivity index (χ2v) is 5.75. The van der Waals surface area contributed by atoms with Crippen LogP contribution in [0.2, 0.25) is 0 Å². The van der Waals surface area contributed by atoms with Crippen molar-refractivity contribution in [1.29, 1.82) is 0 Å². The smallest absolute Gasteiger partial charge is 0.222 e. The predicted molar refractivity (Wildman–Crippen MR) is 80.8 cm³/mol. The summed E-state index contributed by atoms with van der Waals surface area (Å²) in [5.41, 5.74) is 2.02. The first kappa shape index (κ1) is 14.1. The van der Waals surface area contributed by atoms with E-state index < -0.39 is 0 Å². The number of imidazole rings is 1. The Bertz CT molecular complexity index is 615. The maximum Gasteiger partial charge on any atom is 0.222 e. The molecule has 5 nitrogen and oxygen atoms in total. The average molecular weight is 287 g/mol. The highest BCUT2D eigenvalue weighted by atomic mass is 16.3. The van der Waals surface area contributed by atoms with Gasteiger partial charge in [0.25, 0.3) is 0 Å². The largest absolute Gasteiger partial charge is 0.393 e. The lowest BCUT2D eigenvalue weighted by atomic mass is 9.93. The standard InChI is InChI=1S/C16H21N3O2/c20-13-7-5-12(6-8-13)18-16(21)9-10-19-11-17-14-3-1-2-4-15(14)19/h1-4,11-13,20H,5-10H2,(H,18,21). The Balaban J connectivity index is 1.52. The molecular formula is C16H21N3O2. The van der Waals surface area contributed by atoms with Gasteiger partial charge in [0.1, 0.15) is 0 Å². The summed E-state index contributed by atoms with van der Waals surface area (Å²) < 4.78 is 2.01. The summed E-state index contributed by atoms with van der Waals surface area (Å²) in [6.07, 6.45) is 5.39. The molecule has 1 amide bonds. The van der Waals surface area contributed by atoms with E-state index in [2.05, 4.69) is 10.3 Å². The minimum atomic E-state index is -0.185. The van der Waals surface area contributed by atoms with Gasteiger partial charge < -0.3 is 15.0 Å². The molecule has 1 aliphatic carbocycles. The second kappa shape index (κ2) is 6.26. The van der Waals surface area contributed by atoms with Crippen molar-refractivity contribution < 1.29 is 9.90 Å². The van der Waals surface area contributed by atoms with Crippen LogP contribution in [0.1, 0.15) is 32.1 Å². The number of nitrogens with zero attached hydrogens (tertiary/aromatic N) is 2. The number of aromatic nitrogens is 2. The number of hydrogen-bond donors (Lipinski definition) is 2. The van der Waals surface area contributed by atoms with Crippen LogP contribution in [0.3, 0.4) is 0 Å². The first-order chi connectivity index (χ1) is 10.2. The van der Waals surface area contributed by atoms with Crippen LogP contribution in [-0.4, -0.2) is 32.7 Å². The van der Waals surface area contributed by atoms with Gasteiger partial charge in [0, 0.05) is 19.0 Å². The number of carbonyl (C=O) groups excluding carboxylic acids is 1. The van der Waals surface area contributed by atoms with E-state index in [0.717, 1.165) is 36.7 Å². The van der Waals surface area contributed by atoms with Crippen LogP contribution in [0, 0.1) is 0 Å². The zero-order valence-corrected chi connectivity index (χ0v) is 12.0. The molecule has 1 fully saturated rings. The number of aliphatic hydroxyl groups is 1.